The van der Waals surface area contributed by atoms with Gasteiger partial charge in [0, 0.05) is 6.92 Å². The zero-order valence-electron chi connectivity index (χ0n) is 3.36. The summed E-state index contributed by atoms with van der Waals surface area (Å²) in [5.74, 6) is -0.440. The molecule has 0 aliphatic heterocycles. The zero-order valence-corrected chi connectivity index (χ0v) is 3.36. The van der Waals surface area contributed by atoms with Gasteiger partial charge < -0.3 is 5.48 Å². The highest BCUT2D eigenvalue weighted by atomic mass is 16.1. The van der Waals surface area contributed by atoms with Gasteiger partial charge in [-0.05, 0) is 0 Å². The Morgan fingerprint density at radius 2 is 2.00 bits per heavy atom. The van der Waals surface area contributed by atoms with E-state index in [-0.39, 0.29) is 5.48 Å². The van der Waals surface area contributed by atoms with Crippen LogP contribution in [0.1, 0.15) is 6.92 Å². The average Bonchev–Trinajstić information content (AvgIpc) is 1.38. The summed E-state index contributed by atoms with van der Waals surface area (Å²) in [6.45, 7) is 1.22. The summed E-state index contributed by atoms with van der Waals surface area (Å²) < 4.78 is 0. The van der Waals surface area contributed by atoms with E-state index in [2.05, 4.69) is 0 Å². The Labute approximate surface area is 35.5 Å². The van der Waals surface area contributed by atoms with Gasteiger partial charge in [-0.3, -0.25) is 4.79 Å². The van der Waals surface area contributed by atoms with Crippen LogP contribution in [0.2, 0.25) is 0 Å². The first-order chi connectivity index (χ1) is 2.27. The number of ketones is 1. The van der Waals surface area contributed by atoms with Gasteiger partial charge in [-0.15, -0.1) is 0 Å². The molecule has 0 aromatic rings. The molecule has 0 fully saturated rings. The van der Waals surface area contributed by atoms with Crippen LogP contribution >= 0.6 is 0 Å². The standard InChI is InChI=1S/C3H3NO.H2O/c1-3(5)2-4;/h1H3;1H2. The summed E-state index contributed by atoms with van der Waals surface area (Å²) >= 11 is 0. The molecule has 0 atom stereocenters. The molecule has 0 aliphatic rings. The molecule has 3 heteroatoms. The minimum atomic E-state index is -0.440. The van der Waals surface area contributed by atoms with Crippen LogP contribution in [0, 0.1) is 11.3 Å². The van der Waals surface area contributed by atoms with Gasteiger partial charge in [-0.2, -0.15) is 5.26 Å². The molecule has 34 valence electrons. The molecular weight excluding hydrogens is 82.0 g/mol. The van der Waals surface area contributed by atoms with Crippen LogP contribution in [0.4, 0.5) is 0 Å². The fraction of sp³-hybridized carbons (Fsp3) is 0.333. The summed E-state index contributed by atoms with van der Waals surface area (Å²) in [5.41, 5.74) is 0. The van der Waals surface area contributed by atoms with E-state index in [1.54, 1.807) is 0 Å². The first-order valence-corrected chi connectivity index (χ1v) is 1.18. The summed E-state index contributed by atoms with van der Waals surface area (Å²) in [6, 6.07) is 1.39. The van der Waals surface area contributed by atoms with Gasteiger partial charge in [-0.25, -0.2) is 0 Å². The summed E-state index contributed by atoms with van der Waals surface area (Å²) in [5, 5.41) is 7.54. The number of rotatable bonds is 0. The topological polar surface area (TPSA) is 72.4 Å². The highest BCUT2D eigenvalue weighted by Crippen LogP contribution is 1.52. The van der Waals surface area contributed by atoms with Crippen molar-refractivity contribution in [1.29, 1.82) is 5.26 Å². The largest absolute Gasteiger partial charge is 0.412 e. The lowest BCUT2D eigenvalue weighted by Crippen LogP contribution is -1.75. The fourth-order valence-electron chi connectivity index (χ4n) is 0. The number of nitriles is 1. The van der Waals surface area contributed by atoms with Gasteiger partial charge in [0.05, 0.1) is 0 Å². The van der Waals surface area contributed by atoms with Crippen LogP contribution < -0.4 is 0 Å². The Morgan fingerprint density at radius 1 is 1.83 bits per heavy atom. The maximum atomic E-state index is 9.45. The predicted octanol–water partition coefficient (Wildman–Crippen LogP) is -0.726. The molecule has 0 aromatic heterocycles. The molecule has 0 saturated carbocycles. The van der Waals surface area contributed by atoms with Gasteiger partial charge in [0.15, 0.2) is 0 Å². The van der Waals surface area contributed by atoms with Crippen molar-refractivity contribution in [3.63, 3.8) is 0 Å². The smallest absolute Gasteiger partial charge is 0.228 e. The van der Waals surface area contributed by atoms with Crippen LogP contribution in [0.25, 0.3) is 0 Å². The molecule has 0 rings (SSSR count). The maximum absolute atomic E-state index is 9.45. The monoisotopic (exact) mass is 87.0 g/mol. The lowest BCUT2D eigenvalue weighted by Gasteiger charge is -1.53. The van der Waals surface area contributed by atoms with Crippen LogP contribution in [-0.2, 0) is 4.79 Å². The van der Waals surface area contributed by atoms with Crippen LogP contribution in [0.3, 0.4) is 0 Å². The SMILES string of the molecule is CC(=O)C#N.O. The lowest BCUT2D eigenvalue weighted by molar-refractivity contribution is -0.112. The van der Waals surface area contributed by atoms with Crippen molar-refractivity contribution in [1.82, 2.24) is 0 Å². The molecule has 3 nitrogen and oxygen atoms in total. The Hall–Kier alpha value is -0.880. The second-order valence-corrected chi connectivity index (χ2v) is 0.668. The van der Waals surface area contributed by atoms with E-state index in [4.69, 9.17) is 5.26 Å². The van der Waals surface area contributed by atoms with Gasteiger partial charge in [-0.1, -0.05) is 0 Å². The Kier molecular flexibility index (Phi) is 6.13. The highest BCUT2D eigenvalue weighted by molar-refractivity contribution is 5.90. The minimum Gasteiger partial charge on any atom is -0.412 e. The predicted molar refractivity (Wildman–Crippen MR) is 19.9 cm³/mol. The molecule has 0 spiro atoms. The van der Waals surface area contributed by atoms with Crippen LogP contribution in [-0.4, -0.2) is 11.3 Å². The molecule has 0 heterocycles. The Bertz CT molecular complexity index is 81.3. The summed E-state index contributed by atoms with van der Waals surface area (Å²) in [7, 11) is 0. The second-order valence-electron chi connectivity index (χ2n) is 0.668. The Balaban J connectivity index is 0. The average molecular weight is 87.1 g/mol. The van der Waals surface area contributed by atoms with Gasteiger partial charge in [0.2, 0.25) is 5.78 Å². The molecule has 0 amide bonds. The van der Waals surface area contributed by atoms with E-state index in [9.17, 15) is 4.79 Å². The molecule has 0 aliphatic carbocycles. The first-order valence-electron chi connectivity index (χ1n) is 1.18. The van der Waals surface area contributed by atoms with E-state index in [0.717, 1.165) is 0 Å². The van der Waals surface area contributed by atoms with Gasteiger partial charge in [0.1, 0.15) is 6.07 Å². The van der Waals surface area contributed by atoms with E-state index >= 15 is 0 Å². The normalized spacial score (nSPS) is 4.67. The zero-order chi connectivity index (χ0) is 4.28. The van der Waals surface area contributed by atoms with Gasteiger partial charge >= 0.3 is 0 Å². The van der Waals surface area contributed by atoms with Crippen molar-refractivity contribution in [2.75, 3.05) is 0 Å². The van der Waals surface area contributed by atoms with Crippen molar-refractivity contribution in [3.8, 4) is 6.07 Å². The second kappa shape index (κ2) is 4.12. The third-order valence-corrected chi connectivity index (χ3v) is 0.157. The third kappa shape index (κ3) is 11.2. The minimum absolute atomic E-state index is 0. The number of nitrogens with zero attached hydrogens (tertiary/aromatic N) is 1. The summed E-state index contributed by atoms with van der Waals surface area (Å²) in [4.78, 5) is 9.45. The lowest BCUT2D eigenvalue weighted by atomic mass is 10.5. The molecule has 0 bridgehead atoms. The molecule has 0 saturated heterocycles. The van der Waals surface area contributed by atoms with Crippen molar-refractivity contribution >= 4 is 5.78 Å². The van der Waals surface area contributed by atoms with Crippen molar-refractivity contribution < 1.29 is 10.3 Å². The van der Waals surface area contributed by atoms with Crippen molar-refractivity contribution in [2.45, 2.75) is 6.92 Å². The number of hydrogen-bond acceptors (Lipinski definition) is 2. The molecule has 6 heavy (non-hydrogen) atoms. The van der Waals surface area contributed by atoms with Crippen molar-refractivity contribution in [2.24, 2.45) is 0 Å². The summed E-state index contributed by atoms with van der Waals surface area (Å²) in [6.07, 6.45) is 0. The first kappa shape index (κ1) is 8.93. The van der Waals surface area contributed by atoms with E-state index < -0.39 is 5.78 Å². The highest BCUT2D eigenvalue weighted by Gasteiger charge is 1.75. The van der Waals surface area contributed by atoms with E-state index in [1.165, 1.54) is 13.0 Å². The molecule has 0 radical (unpaired) electrons. The van der Waals surface area contributed by atoms with Gasteiger partial charge in [0.25, 0.3) is 0 Å². The van der Waals surface area contributed by atoms with Crippen LogP contribution in [0.15, 0.2) is 0 Å². The number of hydrogen-bond donors (Lipinski definition) is 0. The number of carbonyl (C=O) groups excluding carboxylic acids is 1. The fourth-order valence-corrected chi connectivity index (χ4v) is 0. The molecule has 2 N–H and O–H groups in total. The van der Waals surface area contributed by atoms with E-state index in [1.807, 2.05) is 0 Å². The molecular formula is C3H5NO2. The third-order valence-electron chi connectivity index (χ3n) is 0.157. The molecule has 0 unspecified atom stereocenters. The molecule has 0 aromatic carbocycles. The Morgan fingerprint density at radius 3 is 2.00 bits per heavy atom. The van der Waals surface area contributed by atoms with Crippen LogP contribution in [0.5, 0.6) is 0 Å². The maximum Gasteiger partial charge on any atom is 0.228 e. The quantitative estimate of drug-likeness (QED) is 0.365. The van der Waals surface area contributed by atoms with E-state index in [0.29, 0.717) is 0 Å². The van der Waals surface area contributed by atoms with Crippen molar-refractivity contribution in [3.05, 3.63) is 0 Å². The number of carbonyl (C=O) groups is 1. The number of Topliss-reactive ketones (excluding diaryl/α,β-unsaturated/α-hetero) is 1.